The van der Waals surface area contributed by atoms with Gasteiger partial charge >= 0.3 is 11.9 Å². The molecule has 0 radical (unpaired) electrons. The summed E-state index contributed by atoms with van der Waals surface area (Å²) in [6.45, 7) is 1.27. The van der Waals surface area contributed by atoms with Crippen LogP contribution in [0.3, 0.4) is 0 Å². The molecule has 0 saturated heterocycles. The molecule has 1 rings (SSSR count). The number of nitrogens with zero attached hydrogens (tertiary/aromatic N) is 1. The number of benzene rings is 1. The first-order chi connectivity index (χ1) is 10.8. The molecule has 124 valence electrons. The SMILES string of the molecule is COC(=O)C(C(=O)OC)[C@H](CC(C)=O)c1ccccc1[N+](=O)[O-]. The zero-order valence-corrected chi connectivity index (χ0v) is 13.0. The summed E-state index contributed by atoms with van der Waals surface area (Å²) in [5.74, 6) is -4.67. The standard InChI is InChI=1S/C15H17NO7/c1-9(17)8-11(13(14(18)22-2)15(19)23-3)10-6-4-5-7-12(10)16(20)21/h4-7,11,13H,8H2,1-3H3/t11-/m1/s1. The molecule has 0 unspecified atom stereocenters. The molecule has 1 atom stereocenters. The molecule has 1 aromatic rings. The first-order valence-electron chi connectivity index (χ1n) is 6.71. The van der Waals surface area contributed by atoms with E-state index >= 15 is 0 Å². The fourth-order valence-electron chi connectivity index (χ4n) is 2.36. The summed E-state index contributed by atoms with van der Waals surface area (Å²) < 4.78 is 9.20. The zero-order valence-electron chi connectivity index (χ0n) is 13.0. The molecule has 0 aliphatic carbocycles. The molecule has 8 heteroatoms. The third kappa shape index (κ3) is 4.35. The van der Waals surface area contributed by atoms with Gasteiger partial charge in [-0.2, -0.15) is 0 Å². The minimum atomic E-state index is -1.46. The predicted octanol–water partition coefficient (Wildman–Crippen LogP) is 1.62. The van der Waals surface area contributed by atoms with Gasteiger partial charge in [0.1, 0.15) is 5.78 Å². The van der Waals surface area contributed by atoms with Gasteiger partial charge in [-0.1, -0.05) is 18.2 Å². The van der Waals surface area contributed by atoms with Crippen molar-refractivity contribution in [3.63, 3.8) is 0 Å². The van der Waals surface area contributed by atoms with Crippen LogP contribution >= 0.6 is 0 Å². The Labute approximate surface area is 132 Å². The van der Waals surface area contributed by atoms with Crippen molar-refractivity contribution >= 4 is 23.4 Å². The van der Waals surface area contributed by atoms with Crippen LogP contribution in [0.2, 0.25) is 0 Å². The Bertz CT molecular complexity index is 610. The van der Waals surface area contributed by atoms with E-state index in [0.29, 0.717) is 0 Å². The molecule has 0 aromatic heterocycles. The third-order valence-corrected chi connectivity index (χ3v) is 3.35. The maximum atomic E-state index is 12.0. The Morgan fingerprint density at radius 1 is 1.13 bits per heavy atom. The molecule has 1 aromatic carbocycles. The Morgan fingerprint density at radius 2 is 1.65 bits per heavy atom. The molecule has 23 heavy (non-hydrogen) atoms. The number of hydrogen-bond acceptors (Lipinski definition) is 7. The summed E-state index contributed by atoms with van der Waals surface area (Å²) in [5.41, 5.74) is -0.176. The Hall–Kier alpha value is -2.77. The third-order valence-electron chi connectivity index (χ3n) is 3.35. The minimum absolute atomic E-state index is 0.105. The molecule has 0 heterocycles. The second kappa shape index (κ2) is 8.02. The molecule has 0 amide bonds. The van der Waals surface area contributed by atoms with Crippen molar-refractivity contribution in [2.75, 3.05) is 14.2 Å². The van der Waals surface area contributed by atoms with E-state index in [1.165, 1.54) is 31.2 Å². The lowest BCUT2D eigenvalue weighted by Crippen LogP contribution is -2.33. The number of ketones is 1. The predicted molar refractivity (Wildman–Crippen MR) is 78.7 cm³/mol. The van der Waals surface area contributed by atoms with Crippen LogP contribution in [0.5, 0.6) is 0 Å². The van der Waals surface area contributed by atoms with Crippen molar-refractivity contribution in [1.29, 1.82) is 0 Å². The van der Waals surface area contributed by atoms with Crippen molar-refractivity contribution in [2.45, 2.75) is 19.3 Å². The average molecular weight is 323 g/mol. The first kappa shape index (κ1) is 18.3. The van der Waals surface area contributed by atoms with Gasteiger partial charge in [-0.15, -0.1) is 0 Å². The van der Waals surface area contributed by atoms with Crippen LogP contribution in [0, 0.1) is 16.0 Å². The molecule has 0 fully saturated rings. The van der Waals surface area contributed by atoms with E-state index < -0.39 is 28.7 Å². The van der Waals surface area contributed by atoms with Crippen LogP contribution in [0.1, 0.15) is 24.8 Å². The van der Waals surface area contributed by atoms with Gasteiger partial charge in [-0.3, -0.25) is 19.7 Å². The highest BCUT2D eigenvalue weighted by molar-refractivity contribution is 5.97. The normalized spacial score (nSPS) is 11.7. The number of carbonyl (C=O) groups is 3. The monoisotopic (exact) mass is 323 g/mol. The number of Topliss-reactive ketones (excluding diaryl/α,β-unsaturated/α-hetero) is 1. The highest BCUT2D eigenvalue weighted by Crippen LogP contribution is 2.36. The topological polar surface area (TPSA) is 113 Å². The van der Waals surface area contributed by atoms with E-state index in [2.05, 4.69) is 9.47 Å². The van der Waals surface area contributed by atoms with Crippen LogP contribution in [0.25, 0.3) is 0 Å². The summed E-state index contributed by atoms with van der Waals surface area (Å²) in [7, 11) is 2.17. The van der Waals surface area contributed by atoms with E-state index in [4.69, 9.17) is 0 Å². The molecular weight excluding hydrogens is 306 g/mol. The van der Waals surface area contributed by atoms with Gasteiger partial charge in [0.05, 0.1) is 19.1 Å². The van der Waals surface area contributed by atoms with Crippen LogP contribution in [0.15, 0.2) is 24.3 Å². The summed E-state index contributed by atoms with van der Waals surface area (Å²) in [6, 6.07) is 5.64. The second-order valence-electron chi connectivity index (χ2n) is 4.85. The maximum absolute atomic E-state index is 12.0. The van der Waals surface area contributed by atoms with Gasteiger partial charge in [-0.05, 0) is 6.92 Å². The minimum Gasteiger partial charge on any atom is -0.468 e. The molecule has 0 aliphatic rings. The number of ether oxygens (including phenoxy) is 2. The van der Waals surface area contributed by atoms with E-state index in [-0.39, 0.29) is 23.5 Å². The van der Waals surface area contributed by atoms with Gasteiger partial charge in [-0.25, -0.2) is 0 Å². The Kier molecular flexibility index (Phi) is 6.37. The quantitative estimate of drug-likeness (QED) is 0.324. The lowest BCUT2D eigenvalue weighted by Gasteiger charge is -2.22. The van der Waals surface area contributed by atoms with Crippen LogP contribution in [0.4, 0.5) is 5.69 Å². The largest absolute Gasteiger partial charge is 0.468 e. The molecule has 0 aliphatic heterocycles. The Balaban J connectivity index is 3.49. The smallest absolute Gasteiger partial charge is 0.320 e. The molecule has 0 spiro atoms. The Morgan fingerprint density at radius 3 is 2.09 bits per heavy atom. The lowest BCUT2D eigenvalue weighted by atomic mass is 9.81. The molecule has 0 bridgehead atoms. The number of hydrogen-bond donors (Lipinski definition) is 0. The molecule has 0 saturated carbocycles. The van der Waals surface area contributed by atoms with Crippen molar-refractivity contribution in [3.05, 3.63) is 39.9 Å². The average Bonchev–Trinajstić information content (AvgIpc) is 2.53. The van der Waals surface area contributed by atoms with Gasteiger partial charge < -0.3 is 14.3 Å². The second-order valence-corrected chi connectivity index (χ2v) is 4.85. The van der Waals surface area contributed by atoms with E-state index in [1.54, 1.807) is 0 Å². The number of para-hydroxylation sites is 1. The summed E-state index contributed by atoms with van der Waals surface area (Å²) in [6.07, 6.45) is -0.236. The van der Waals surface area contributed by atoms with Gasteiger partial charge in [0, 0.05) is 24.0 Å². The van der Waals surface area contributed by atoms with E-state index in [9.17, 15) is 24.5 Å². The van der Waals surface area contributed by atoms with Crippen LogP contribution in [-0.2, 0) is 23.9 Å². The fraction of sp³-hybridized carbons (Fsp3) is 0.400. The number of methoxy groups -OCH3 is 2. The summed E-state index contributed by atoms with van der Waals surface area (Å²) >= 11 is 0. The first-order valence-corrected chi connectivity index (χ1v) is 6.71. The maximum Gasteiger partial charge on any atom is 0.320 e. The zero-order chi connectivity index (χ0) is 17.6. The number of rotatable bonds is 7. The number of carbonyl (C=O) groups excluding carboxylic acids is 3. The fourth-order valence-corrected chi connectivity index (χ4v) is 2.36. The lowest BCUT2D eigenvalue weighted by molar-refractivity contribution is -0.385. The van der Waals surface area contributed by atoms with Crippen molar-refractivity contribution < 1.29 is 28.8 Å². The summed E-state index contributed by atoms with van der Waals surface area (Å²) in [5, 5.41) is 11.2. The van der Waals surface area contributed by atoms with Crippen LogP contribution < -0.4 is 0 Å². The van der Waals surface area contributed by atoms with Gasteiger partial charge in [0.2, 0.25) is 0 Å². The van der Waals surface area contributed by atoms with Gasteiger partial charge in [0.25, 0.3) is 5.69 Å². The molecular formula is C15H17NO7. The van der Waals surface area contributed by atoms with E-state index in [0.717, 1.165) is 14.2 Å². The van der Waals surface area contributed by atoms with E-state index in [1.807, 2.05) is 0 Å². The number of esters is 2. The van der Waals surface area contributed by atoms with Gasteiger partial charge in [0.15, 0.2) is 5.92 Å². The highest BCUT2D eigenvalue weighted by Gasteiger charge is 2.41. The number of nitro benzene ring substituents is 1. The molecule has 0 N–H and O–H groups in total. The highest BCUT2D eigenvalue weighted by atomic mass is 16.6. The van der Waals surface area contributed by atoms with Crippen LogP contribution in [-0.4, -0.2) is 36.9 Å². The van der Waals surface area contributed by atoms with Crippen molar-refractivity contribution in [2.24, 2.45) is 5.92 Å². The van der Waals surface area contributed by atoms with Crippen molar-refractivity contribution in [1.82, 2.24) is 0 Å². The summed E-state index contributed by atoms with van der Waals surface area (Å²) in [4.78, 5) is 46.1. The molecule has 8 nitrogen and oxygen atoms in total. The van der Waals surface area contributed by atoms with Crippen molar-refractivity contribution in [3.8, 4) is 0 Å². The number of nitro groups is 1.